The molecule has 0 fully saturated rings. The van der Waals surface area contributed by atoms with Crippen LogP contribution in [0.5, 0.6) is 0 Å². The minimum Gasteiger partial charge on any atom is -0.329 e. The van der Waals surface area contributed by atoms with Crippen molar-refractivity contribution in [2.24, 2.45) is 0 Å². The maximum absolute atomic E-state index is 11.8. The van der Waals surface area contributed by atoms with E-state index in [1.54, 1.807) is 18.3 Å². The van der Waals surface area contributed by atoms with E-state index in [9.17, 15) is 4.79 Å². The molecule has 1 amide bonds. The SMILES string of the molecule is CN(C)Cc1ccc(/C=C/NC(=O)c2ccccc2)cc1. The monoisotopic (exact) mass is 280 g/mol. The predicted molar refractivity (Wildman–Crippen MR) is 86.8 cm³/mol. The number of nitrogens with one attached hydrogen (secondary N) is 1. The first kappa shape index (κ1) is 15.0. The molecule has 0 unspecified atom stereocenters. The molecule has 0 aromatic heterocycles. The molecule has 0 spiro atoms. The molecule has 0 atom stereocenters. The van der Waals surface area contributed by atoms with Crippen molar-refractivity contribution in [1.29, 1.82) is 0 Å². The number of hydrogen-bond donors (Lipinski definition) is 1. The molecule has 0 aliphatic heterocycles. The highest BCUT2D eigenvalue weighted by molar-refractivity contribution is 5.95. The van der Waals surface area contributed by atoms with Gasteiger partial charge in [-0.15, -0.1) is 0 Å². The van der Waals surface area contributed by atoms with E-state index in [1.165, 1.54) is 5.56 Å². The summed E-state index contributed by atoms with van der Waals surface area (Å²) < 4.78 is 0. The molecule has 1 N–H and O–H groups in total. The Morgan fingerprint density at radius 1 is 1.05 bits per heavy atom. The number of hydrogen-bond acceptors (Lipinski definition) is 2. The van der Waals surface area contributed by atoms with Gasteiger partial charge in [-0.3, -0.25) is 4.79 Å². The number of nitrogens with zero attached hydrogens (tertiary/aromatic N) is 1. The van der Waals surface area contributed by atoms with Crippen molar-refractivity contribution < 1.29 is 4.79 Å². The van der Waals surface area contributed by atoms with Gasteiger partial charge < -0.3 is 10.2 Å². The van der Waals surface area contributed by atoms with Gasteiger partial charge in [0.2, 0.25) is 0 Å². The molecule has 0 saturated carbocycles. The molecule has 2 aromatic carbocycles. The summed E-state index contributed by atoms with van der Waals surface area (Å²) in [5.74, 6) is -0.101. The maximum Gasteiger partial charge on any atom is 0.255 e. The van der Waals surface area contributed by atoms with Gasteiger partial charge in [-0.25, -0.2) is 0 Å². The first-order chi connectivity index (χ1) is 10.1. The first-order valence-electron chi connectivity index (χ1n) is 6.91. The molecule has 0 bridgehead atoms. The smallest absolute Gasteiger partial charge is 0.255 e. The van der Waals surface area contributed by atoms with E-state index >= 15 is 0 Å². The molecule has 2 aromatic rings. The minimum atomic E-state index is -0.101. The highest BCUT2D eigenvalue weighted by atomic mass is 16.1. The number of benzene rings is 2. The molecule has 0 radical (unpaired) electrons. The van der Waals surface area contributed by atoms with Crippen LogP contribution in [0.3, 0.4) is 0 Å². The van der Waals surface area contributed by atoms with Gasteiger partial charge in [-0.1, -0.05) is 42.5 Å². The van der Waals surface area contributed by atoms with Crippen molar-refractivity contribution in [3.8, 4) is 0 Å². The van der Waals surface area contributed by atoms with E-state index in [-0.39, 0.29) is 5.91 Å². The van der Waals surface area contributed by atoms with Crippen molar-refractivity contribution in [3.05, 3.63) is 77.5 Å². The number of rotatable bonds is 5. The van der Waals surface area contributed by atoms with E-state index in [0.717, 1.165) is 12.1 Å². The van der Waals surface area contributed by atoms with E-state index in [0.29, 0.717) is 5.56 Å². The molecule has 0 aliphatic rings. The Hall–Kier alpha value is -2.39. The third-order valence-electron chi connectivity index (χ3n) is 3.00. The summed E-state index contributed by atoms with van der Waals surface area (Å²) in [5.41, 5.74) is 2.99. The lowest BCUT2D eigenvalue weighted by atomic mass is 10.1. The van der Waals surface area contributed by atoms with Gasteiger partial charge in [-0.05, 0) is 43.4 Å². The molecular weight excluding hydrogens is 260 g/mol. The second-order valence-electron chi connectivity index (χ2n) is 5.15. The van der Waals surface area contributed by atoms with Gasteiger partial charge in [-0.2, -0.15) is 0 Å². The van der Waals surface area contributed by atoms with Crippen LogP contribution in [-0.2, 0) is 6.54 Å². The minimum absolute atomic E-state index is 0.101. The highest BCUT2D eigenvalue weighted by Crippen LogP contribution is 2.07. The van der Waals surface area contributed by atoms with Crippen LogP contribution < -0.4 is 5.32 Å². The molecule has 21 heavy (non-hydrogen) atoms. The van der Waals surface area contributed by atoms with Gasteiger partial charge >= 0.3 is 0 Å². The van der Waals surface area contributed by atoms with Crippen LogP contribution in [0.2, 0.25) is 0 Å². The largest absolute Gasteiger partial charge is 0.329 e. The van der Waals surface area contributed by atoms with Gasteiger partial charge in [0, 0.05) is 18.3 Å². The molecule has 2 rings (SSSR count). The summed E-state index contributed by atoms with van der Waals surface area (Å²) >= 11 is 0. The van der Waals surface area contributed by atoms with Crippen LogP contribution in [0, 0.1) is 0 Å². The Morgan fingerprint density at radius 2 is 1.71 bits per heavy atom. The van der Waals surface area contributed by atoms with E-state index in [2.05, 4.69) is 22.3 Å². The average Bonchev–Trinajstić information content (AvgIpc) is 2.49. The van der Waals surface area contributed by atoms with Crippen LogP contribution in [0.25, 0.3) is 6.08 Å². The van der Waals surface area contributed by atoms with Crippen LogP contribution >= 0.6 is 0 Å². The third-order valence-corrected chi connectivity index (χ3v) is 3.00. The standard InChI is InChI=1S/C18H20N2O/c1-20(2)14-16-10-8-15(9-11-16)12-13-19-18(21)17-6-4-3-5-7-17/h3-13H,14H2,1-2H3,(H,19,21)/b13-12+. The highest BCUT2D eigenvalue weighted by Gasteiger charge is 2.00. The first-order valence-corrected chi connectivity index (χ1v) is 6.91. The van der Waals surface area contributed by atoms with E-state index in [1.807, 2.05) is 50.5 Å². The fraction of sp³-hybridized carbons (Fsp3) is 0.167. The van der Waals surface area contributed by atoms with Gasteiger partial charge in [0.1, 0.15) is 0 Å². The Labute approximate surface area is 125 Å². The van der Waals surface area contributed by atoms with Crippen molar-refractivity contribution in [2.75, 3.05) is 14.1 Å². The topological polar surface area (TPSA) is 32.3 Å². The Morgan fingerprint density at radius 3 is 2.33 bits per heavy atom. The lowest BCUT2D eigenvalue weighted by Crippen LogP contribution is -2.16. The molecule has 0 aliphatic carbocycles. The number of amides is 1. The summed E-state index contributed by atoms with van der Waals surface area (Å²) in [7, 11) is 4.10. The lowest BCUT2D eigenvalue weighted by Gasteiger charge is -2.09. The summed E-state index contributed by atoms with van der Waals surface area (Å²) in [4.78, 5) is 14.0. The van der Waals surface area contributed by atoms with Crippen molar-refractivity contribution in [3.63, 3.8) is 0 Å². The van der Waals surface area contributed by atoms with E-state index < -0.39 is 0 Å². The summed E-state index contributed by atoms with van der Waals surface area (Å²) in [6.07, 6.45) is 3.57. The van der Waals surface area contributed by atoms with Crippen LogP contribution in [-0.4, -0.2) is 24.9 Å². The van der Waals surface area contributed by atoms with Gasteiger partial charge in [0.05, 0.1) is 0 Å². The normalized spacial score (nSPS) is 11.0. The second kappa shape index (κ2) is 7.41. The van der Waals surface area contributed by atoms with Crippen LogP contribution in [0.1, 0.15) is 21.5 Å². The molecule has 3 heteroatoms. The molecule has 3 nitrogen and oxygen atoms in total. The maximum atomic E-state index is 11.8. The molecule has 0 saturated heterocycles. The van der Waals surface area contributed by atoms with Crippen LogP contribution in [0.4, 0.5) is 0 Å². The fourth-order valence-electron chi connectivity index (χ4n) is 1.99. The summed E-state index contributed by atoms with van der Waals surface area (Å²) in [5, 5.41) is 2.77. The molecule has 108 valence electrons. The Bertz CT molecular complexity index is 601. The lowest BCUT2D eigenvalue weighted by molar-refractivity contribution is 0.0970. The Balaban J connectivity index is 1.91. The quantitative estimate of drug-likeness (QED) is 0.912. The zero-order valence-electron chi connectivity index (χ0n) is 12.4. The van der Waals surface area contributed by atoms with Crippen molar-refractivity contribution >= 4 is 12.0 Å². The number of carbonyl (C=O) groups excluding carboxylic acids is 1. The van der Waals surface area contributed by atoms with Gasteiger partial charge in [0.15, 0.2) is 0 Å². The summed E-state index contributed by atoms with van der Waals surface area (Å²) in [6, 6.07) is 17.5. The zero-order chi connectivity index (χ0) is 15.1. The molecular formula is C18H20N2O. The Kier molecular flexibility index (Phi) is 5.29. The average molecular weight is 280 g/mol. The summed E-state index contributed by atoms with van der Waals surface area (Å²) in [6.45, 7) is 0.925. The van der Waals surface area contributed by atoms with Crippen molar-refractivity contribution in [1.82, 2.24) is 10.2 Å². The van der Waals surface area contributed by atoms with Gasteiger partial charge in [0.25, 0.3) is 5.91 Å². The van der Waals surface area contributed by atoms with E-state index in [4.69, 9.17) is 0 Å². The predicted octanol–water partition coefficient (Wildman–Crippen LogP) is 3.15. The molecule has 0 heterocycles. The van der Waals surface area contributed by atoms with Crippen LogP contribution in [0.15, 0.2) is 60.8 Å². The fourth-order valence-corrected chi connectivity index (χ4v) is 1.99. The van der Waals surface area contributed by atoms with Crippen molar-refractivity contribution in [2.45, 2.75) is 6.54 Å². The number of carbonyl (C=O) groups is 1. The zero-order valence-corrected chi connectivity index (χ0v) is 12.4. The third kappa shape index (κ3) is 4.89. The second-order valence-corrected chi connectivity index (χ2v) is 5.15.